The van der Waals surface area contributed by atoms with Gasteiger partial charge in [-0.15, -0.1) is 0 Å². The van der Waals surface area contributed by atoms with Gasteiger partial charge in [0.15, 0.2) is 0 Å². The van der Waals surface area contributed by atoms with Crippen LogP contribution in [0.4, 0.5) is 11.4 Å². The van der Waals surface area contributed by atoms with E-state index in [2.05, 4.69) is 15.8 Å². The van der Waals surface area contributed by atoms with Crippen LogP contribution in [0, 0.1) is 13.8 Å². The van der Waals surface area contributed by atoms with E-state index < -0.39 is 0 Å². The second-order valence-corrected chi connectivity index (χ2v) is 6.20. The number of nitrogen functional groups attached to an aromatic ring is 1. The number of rotatable bonds is 6. The van der Waals surface area contributed by atoms with Crippen molar-refractivity contribution in [1.82, 2.24) is 5.43 Å². The molecule has 0 unspecified atom stereocenters. The van der Waals surface area contributed by atoms with Crippen molar-refractivity contribution in [3.8, 4) is 0 Å². The van der Waals surface area contributed by atoms with E-state index in [9.17, 15) is 9.59 Å². The van der Waals surface area contributed by atoms with Crippen LogP contribution in [0.5, 0.6) is 0 Å². The summed E-state index contributed by atoms with van der Waals surface area (Å²) in [6, 6.07) is 12.9. The summed E-state index contributed by atoms with van der Waals surface area (Å²) in [6.45, 7) is 5.79. The van der Waals surface area contributed by atoms with E-state index in [-0.39, 0.29) is 24.7 Å². The van der Waals surface area contributed by atoms with Gasteiger partial charge in [-0.2, -0.15) is 5.10 Å². The molecule has 6 heteroatoms. The smallest absolute Gasteiger partial charge is 0.240 e. The monoisotopic (exact) mass is 352 g/mol. The molecule has 2 rings (SSSR count). The van der Waals surface area contributed by atoms with Gasteiger partial charge in [-0.25, -0.2) is 5.43 Å². The van der Waals surface area contributed by atoms with E-state index in [1.807, 2.05) is 44.2 Å². The fourth-order valence-corrected chi connectivity index (χ4v) is 2.26. The lowest BCUT2D eigenvalue weighted by Crippen LogP contribution is -2.21. The van der Waals surface area contributed by atoms with Gasteiger partial charge in [-0.1, -0.05) is 18.2 Å². The zero-order chi connectivity index (χ0) is 19.1. The van der Waals surface area contributed by atoms with Crippen LogP contribution in [0.25, 0.3) is 0 Å². The van der Waals surface area contributed by atoms with Crippen LogP contribution in [0.1, 0.15) is 36.5 Å². The molecule has 0 aliphatic rings. The molecule has 136 valence electrons. The lowest BCUT2D eigenvalue weighted by Gasteiger charge is -2.07. The van der Waals surface area contributed by atoms with Gasteiger partial charge in [-0.3, -0.25) is 9.59 Å². The molecule has 0 radical (unpaired) electrons. The molecule has 2 aromatic rings. The summed E-state index contributed by atoms with van der Waals surface area (Å²) in [5.74, 6) is -0.516. The number of nitrogens with one attached hydrogen (secondary N) is 2. The zero-order valence-corrected chi connectivity index (χ0v) is 15.3. The number of carbonyl (C=O) groups excluding carboxylic acids is 2. The van der Waals surface area contributed by atoms with Gasteiger partial charge in [0.25, 0.3) is 0 Å². The highest BCUT2D eigenvalue weighted by Crippen LogP contribution is 2.14. The number of aryl methyl sites for hydroxylation is 2. The molecule has 0 saturated carbocycles. The molecule has 0 bridgehead atoms. The third-order valence-corrected chi connectivity index (χ3v) is 4.05. The maximum absolute atomic E-state index is 12.0. The first-order valence-corrected chi connectivity index (χ1v) is 8.41. The van der Waals surface area contributed by atoms with Crippen LogP contribution in [0.3, 0.4) is 0 Å². The second kappa shape index (κ2) is 8.80. The Morgan fingerprint density at radius 3 is 2.27 bits per heavy atom. The number of benzene rings is 2. The van der Waals surface area contributed by atoms with Crippen molar-refractivity contribution in [1.29, 1.82) is 0 Å². The standard InChI is InChI=1S/C20H24N4O2/c1-13-4-9-18(12-14(13)2)22-19(25)10-11-20(26)24-23-15(3)16-5-7-17(21)8-6-16/h4-9,12H,10-11,21H2,1-3H3,(H,22,25)(H,24,26). The van der Waals surface area contributed by atoms with Gasteiger partial charge in [0, 0.05) is 24.2 Å². The molecule has 0 spiro atoms. The zero-order valence-electron chi connectivity index (χ0n) is 15.3. The molecule has 26 heavy (non-hydrogen) atoms. The first kappa shape index (κ1) is 19.2. The van der Waals surface area contributed by atoms with Crippen molar-refractivity contribution in [2.75, 3.05) is 11.1 Å². The number of anilines is 2. The molecule has 0 atom stereocenters. The summed E-state index contributed by atoms with van der Waals surface area (Å²) < 4.78 is 0. The third kappa shape index (κ3) is 5.73. The molecular formula is C20H24N4O2. The summed E-state index contributed by atoms with van der Waals surface area (Å²) in [5, 5.41) is 6.85. The summed E-state index contributed by atoms with van der Waals surface area (Å²) in [5.41, 5.74) is 13.3. The number of nitrogens with zero attached hydrogens (tertiary/aromatic N) is 1. The molecule has 4 N–H and O–H groups in total. The molecule has 6 nitrogen and oxygen atoms in total. The fraction of sp³-hybridized carbons (Fsp3) is 0.250. The number of hydrogen-bond donors (Lipinski definition) is 3. The molecule has 0 aliphatic carbocycles. The number of amides is 2. The summed E-state index contributed by atoms with van der Waals surface area (Å²) >= 11 is 0. The average molecular weight is 352 g/mol. The molecular weight excluding hydrogens is 328 g/mol. The predicted octanol–water partition coefficient (Wildman–Crippen LogP) is 3.14. The number of hydrazone groups is 1. The average Bonchev–Trinajstić information content (AvgIpc) is 2.61. The topological polar surface area (TPSA) is 96.6 Å². The van der Waals surface area contributed by atoms with E-state index in [0.717, 1.165) is 22.4 Å². The Hall–Kier alpha value is -3.15. The first-order valence-electron chi connectivity index (χ1n) is 8.41. The maximum atomic E-state index is 12.0. The molecule has 0 aliphatic heterocycles. The Balaban J connectivity index is 1.80. The summed E-state index contributed by atoms with van der Waals surface area (Å²) in [4.78, 5) is 23.8. The summed E-state index contributed by atoms with van der Waals surface area (Å²) in [6.07, 6.45) is 0.157. The minimum absolute atomic E-state index is 0.0647. The van der Waals surface area contributed by atoms with Crippen molar-refractivity contribution >= 4 is 28.9 Å². The van der Waals surface area contributed by atoms with E-state index in [0.29, 0.717) is 11.4 Å². The van der Waals surface area contributed by atoms with Gasteiger partial charge >= 0.3 is 0 Å². The lowest BCUT2D eigenvalue weighted by atomic mass is 10.1. The first-order chi connectivity index (χ1) is 12.3. The van der Waals surface area contributed by atoms with Crippen molar-refractivity contribution in [3.63, 3.8) is 0 Å². The summed E-state index contributed by atoms with van der Waals surface area (Å²) in [7, 11) is 0. The highest BCUT2D eigenvalue weighted by molar-refractivity contribution is 5.99. The van der Waals surface area contributed by atoms with E-state index in [4.69, 9.17) is 5.73 Å². The minimum atomic E-state index is -0.310. The maximum Gasteiger partial charge on any atom is 0.240 e. The Morgan fingerprint density at radius 1 is 0.962 bits per heavy atom. The lowest BCUT2D eigenvalue weighted by molar-refractivity contribution is -0.124. The quantitative estimate of drug-likeness (QED) is 0.423. The van der Waals surface area contributed by atoms with Crippen molar-refractivity contribution in [2.45, 2.75) is 33.6 Å². The minimum Gasteiger partial charge on any atom is -0.399 e. The Kier molecular flexibility index (Phi) is 6.49. The highest BCUT2D eigenvalue weighted by Gasteiger charge is 2.08. The molecule has 2 amide bonds. The Morgan fingerprint density at radius 2 is 1.62 bits per heavy atom. The van der Waals surface area contributed by atoms with Crippen LogP contribution in [0.2, 0.25) is 0 Å². The van der Waals surface area contributed by atoms with E-state index >= 15 is 0 Å². The Bertz CT molecular complexity index is 826. The molecule has 2 aromatic carbocycles. The van der Waals surface area contributed by atoms with Crippen LogP contribution in [0.15, 0.2) is 47.6 Å². The van der Waals surface area contributed by atoms with E-state index in [1.165, 1.54) is 0 Å². The fourth-order valence-electron chi connectivity index (χ4n) is 2.26. The largest absolute Gasteiger partial charge is 0.399 e. The highest BCUT2D eigenvalue weighted by atomic mass is 16.2. The van der Waals surface area contributed by atoms with Crippen molar-refractivity contribution < 1.29 is 9.59 Å². The van der Waals surface area contributed by atoms with Crippen LogP contribution in [-0.4, -0.2) is 17.5 Å². The SMILES string of the molecule is CC(=NNC(=O)CCC(=O)Nc1ccc(C)c(C)c1)c1ccc(N)cc1. The normalized spacial score (nSPS) is 11.1. The predicted molar refractivity (Wildman–Crippen MR) is 105 cm³/mol. The molecule has 0 aromatic heterocycles. The van der Waals surface area contributed by atoms with E-state index in [1.54, 1.807) is 19.1 Å². The van der Waals surface area contributed by atoms with Gasteiger partial charge in [0.05, 0.1) is 5.71 Å². The van der Waals surface area contributed by atoms with Crippen LogP contribution < -0.4 is 16.5 Å². The molecule has 0 fully saturated rings. The third-order valence-electron chi connectivity index (χ3n) is 4.05. The van der Waals surface area contributed by atoms with Gasteiger partial charge in [-0.05, 0) is 61.7 Å². The second-order valence-electron chi connectivity index (χ2n) is 6.20. The van der Waals surface area contributed by atoms with Crippen molar-refractivity contribution in [3.05, 3.63) is 59.2 Å². The molecule has 0 saturated heterocycles. The van der Waals surface area contributed by atoms with Gasteiger partial charge < -0.3 is 11.1 Å². The Labute approximate surface area is 153 Å². The van der Waals surface area contributed by atoms with Gasteiger partial charge in [0.1, 0.15) is 0 Å². The number of hydrogen-bond acceptors (Lipinski definition) is 4. The number of nitrogens with two attached hydrogens (primary N) is 1. The van der Waals surface area contributed by atoms with Crippen LogP contribution in [-0.2, 0) is 9.59 Å². The van der Waals surface area contributed by atoms with Crippen LogP contribution >= 0.6 is 0 Å². The van der Waals surface area contributed by atoms with Crippen molar-refractivity contribution in [2.24, 2.45) is 5.10 Å². The van der Waals surface area contributed by atoms with Gasteiger partial charge in [0.2, 0.25) is 11.8 Å². The molecule has 0 heterocycles. The number of carbonyl (C=O) groups is 2.